The van der Waals surface area contributed by atoms with Gasteiger partial charge < -0.3 is 15.1 Å². The largest absolute Gasteiger partial charge is 0.313 e. The van der Waals surface area contributed by atoms with Crippen LogP contribution in [0.25, 0.3) is 0 Å². The maximum Gasteiger partial charge on any atom is 0.0329 e. The maximum absolute atomic E-state index is 3.45. The summed E-state index contributed by atoms with van der Waals surface area (Å²) in [5.41, 5.74) is 2.74. The fraction of sp³-hybridized carbons (Fsp3) is 0.625. The van der Waals surface area contributed by atoms with Crippen molar-refractivity contribution in [2.24, 2.45) is 0 Å². The van der Waals surface area contributed by atoms with Gasteiger partial charge in [0.15, 0.2) is 0 Å². The Morgan fingerprint density at radius 1 is 1.11 bits per heavy atom. The molecule has 0 aromatic heterocycles. The molecule has 1 unspecified atom stereocenters. The lowest BCUT2D eigenvalue weighted by Crippen LogP contribution is -2.45. The minimum absolute atomic E-state index is 0.472. The highest BCUT2D eigenvalue weighted by Gasteiger charge is 2.16. The average molecular weight is 261 g/mol. The highest BCUT2D eigenvalue weighted by atomic mass is 15.2. The molecule has 1 atom stereocenters. The van der Waals surface area contributed by atoms with Gasteiger partial charge in [0.05, 0.1) is 0 Å². The Kier molecular flexibility index (Phi) is 5.37. The van der Waals surface area contributed by atoms with Crippen LogP contribution in [0.4, 0.5) is 0 Å². The molecule has 0 saturated carbocycles. The molecule has 1 N–H and O–H groups in total. The van der Waals surface area contributed by atoms with Crippen LogP contribution in [0.3, 0.4) is 0 Å². The fourth-order valence-corrected chi connectivity index (χ4v) is 2.66. The zero-order valence-electron chi connectivity index (χ0n) is 12.5. The van der Waals surface area contributed by atoms with E-state index in [-0.39, 0.29) is 0 Å². The van der Waals surface area contributed by atoms with Crippen LogP contribution in [0, 0.1) is 6.92 Å². The summed E-state index contributed by atoms with van der Waals surface area (Å²) in [5, 5.41) is 3.45. The van der Waals surface area contributed by atoms with E-state index in [1.807, 2.05) is 0 Å². The number of piperazine rings is 1. The van der Waals surface area contributed by atoms with E-state index in [0.717, 1.165) is 0 Å². The number of benzene rings is 1. The lowest BCUT2D eigenvalue weighted by molar-refractivity contribution is 0.149. The quantitative estimate of drug-likeness (QED) is 0.873. The lowest BCUT2D eigenvalue weighted by Gasteiger charge is -2.33. The molecule has 0 aliphatic carbocycles. The maximum atomic E-state index is 3.45. The highest BCUT2D eigenvalue weighted by molar-refractivity contribution is 5.24. The summed E-state index contributed by atoms with van der Waals surface area (Å²) in [7, 11) is 4.27. The van der Waals surface area contributed by atoms with E-state index in [4.69, 9.17) is 0 Å². The Labute approximate surface area is 117 Å². The van der Waals surface area contributed by atoms with Crippen LogP contribution in [0.1, 0.15) is 23.6 Å². The molecule has 0 spiro atoms. The Morgan fingerprint density at radius 2 is 1.74 bits per heavy atom. The summed E-state index contributed by atoms with van der Waals surface area (Å²) in [6, 6.07) is 9.38. The van der Waals surface area contributed by atoms with Gasteiger partial charge >= 0.3 is 0 Å². The molecule has 0 bridgehead atoms. The zero-order chi connectivity index (χ0) is 13.7. The summed E-state index contributed by atoms with van der Waals surface area (Å²) < 4.78 is 0. The minimum Gasteiger partial charge on any atom is -0.313 e. The molecule has 106 valence electrons. The third-order valence-electron chi connectivity index (χ3n) is 4.16. The van der Waals surface area contributed by atoms with Crippen LogP contribution in [-0.4, -0.2) is 56.6 Å². The first-order chi connectivity index (χ1) is 9.19. The molecule has 1 aliphatic heterocycles. The molecular formula is C16H27N3. The predicted octanol–water partition coefficient (Wildman–Crippen LogP) is 1.89. The predicted molar refractivity (Wildman–Crippen MR) is 81.5 cm³/mol. The fourth-order valence-electron chi connectivity index (χ4n) is 2.66. The van der Waals surface area contributed by atoms with Crippen molar-refractivity contribution in [3.8, 4) is 0 Å². The second-order valence-electron chi connectivity index (χ2n) is 5.69. The summed E-state index contributed by atoms with van der Waals surface area (Å²) in [6.45, 7) is 8.15. The summed E-state index contributed by atoms with van der Waals surface area (Å²) in [5.74, 6) is 0. The van der Waals surface area contributed by atoms with Gasteiger partial charge in [-0.3, -0.25) is 0 Å². The molecule has 1 saturated heterocycles. The van der Waals surface area contributed by atoms with Gasteiger partial charge in [-0.15, -0.1) is 0 Å². The van der Waals surface area contributed by atoms with Crippen molar-refractivity contribution in [2.45, 2.75) is 19.4 Å². The van der Waals surface area contributed by atoms with E-state index in [9.17, 15) is 0 Å². The lowest BCUT2D eigenvalue weighted by atomic mass is 10.0. The van der Waals surface area contributed by atoms with E-state index >= 15 is 0 Å². The van der Waals surface area contributed by atoms with Crippen LogP contribution in [0.2, 0.25) is 0 Å². The van der Waals surface area contributed by atoms with Crippen molar-refractivity contribution in [3.63, 3.8) is 0 Å². The van der Waals surface area contributed by atoms with Gasteiger partial charge in [0.2, 0.25) is 0 Å². The monoisotopic (exact) mass is 261 g/mol. The average Bonchev–Trinajstić information content (AvgIpc) is 2.43. The standard InChI is InChI=1S/C16H27N3/c1-14-4-6-15(7-5-14)16(17-2)8-9-19-12-10-18(3)11-13-19/h4-7,16-17H,8-13H2,1-3H3. The smallest absolute Gasteiger partial charge is 0.0329 e. The van der Waals surface area contributed by atoms with Gasteiger partial charge in [-0.25, -0.2) is 0 Å². The Bertz CT molecular complexity index is 366. The zero-order valence-corrected chi connectivity index (χ0v) is 12.5. The number of aryl methyl sites for hydroxylation is 1. The van der Waals surface area contributed by atoms with Crippen molar-refractivity contribution >= 4 is 0 Å². The Balaban J connectivity index is 1.84. The number of hydrogen-bond acceptors (Lipinski definition) is 3. The van der Waals surface area contributed by atoms with E-state index in [1.165, 1.54) is 50.3 Å². The number of nitrogens with zero attached hydrogens (tertiary/aromatic N) is 2. The van der Waals surface area contributed by atoms with Crippen molar-refractivity contribution in [2.75, 3.05) is 46.8 Å². The number of nitrogens with one attached hydrogen (secondary N) is 1. The van der Waals surface area contributed by atoms with Crippen LogP contribution in [0.15, 0.2) is 24.3 Å². The normalized spacial score (nSPS) is 19.5. The second-order valence-corrected chi connectivity index (χ2v) is 5.69. The molecule has 19 heavy (non-hydrogen) atoms. The van der Waals surface area contributed by atoms with Crippen LogP contribution in [-0.2, 0) is 0 Å². The van der Waals surface area contributed by atoms with Crippen molar-refractivity contribution in [1.82, 2.24) is 15.1 Å². The number of hydrogen-bond donors (Lipinski definition) is 1. The molecule has 1 aromatic rings. The van der Waals surface area contributed by atoms with Gasteiger partial charge in [0, 0.05) is 38.8 Å². The molecule has 1 aromatic carbocycles. The number of likely N-dealkylation sites (N-methyl/N-ethyl adjacent to an activating group) is 1. The van der Waals surface area contributed by atoms with Crippen molar-refractivity contribution in [3.05, 3.63) is 35.4 Å². The van der Waals surface area contributed by atoms with Gasteiger partial charge in [0.25, 0.3) is 0 Å². The molecular weight excluding hydrogens is 234 g/mol. The first-order valence-corrected chi connectivity index (χ1v) is 7.34. The topological polar surface area (TPSA) is 18.5 Å². The molecule has 1 fully saturated rings. The molecule has 0 amide bonds. The Hall–Kier alpha value is -0.900. The molecule has 3 heteroatoms. The highest BCUT2D eigenvalue weighted by Crippen LogP contribution is 2.17. The summed E-state index contributed by atoms with van der Waals surface area (Å²) >= 11 is 0. The molecule has 1 aliphatic rings. The third-order valence-corrected chi connectivity index (χ3v) is 4.16. The van der Waals surface area contributed by atoms with Gasteiger partial charge in [-0.2, -0.15) is 0 Å². The van der Waals surface area contributed by atoms with E-state index in [0.29, 0.717) is 6.04 Å². The molecule has 2 rings (SSSR count). The van der Waals surface area contributed by atoms with Crippen LogP contribution < -0.4 is 5.32 Å². The van der Waals surface area contributed by atoms with Crippen LogP contribution in [0.5, 0.6) is 0 Å². The van der Waals surface area contributed by atoms with Gasteiger partial charge in [-0.05, 0) is 33.0 Å². The summed E-state index contributed by atoms with van der Waals surface area (Å²) in [6.07, 6.45) is 1.18. The third kappa shape index (κ3) is 4.30. The molecule has 1 heterocycles. The number of rotatable bonds is 5. The first kappa shape index (κ1) is 14.5. The second kappa shape index (κ2) is 7.04. The van der Waals surface area contributed by atoms with Crippen molar-refractivity contribution < 1.29 is 0 Å². The van der Waals surface area contributed by atoms with Gasteiger partial charge in [0.1, 0.15) is 0 Å². The minimum atomic E-state index is 0.472. The Morgan fingerprint density at radius 3 is 2.32 bits per heavy atom. The van der Waals surface area contributed by atoms with E-state index in [2.05, 4.69) is 60.4 Å². The SMILES string of the molecule is CNC(CCN1CCN(C)CC1)c1ccc(C)cc1. The first-order valence-electron chi connectivity index (χ1n) is 7.34. The van der Waals surface area contributed by atoms with Crippen molar-refractivity contribution in [1.29, 1.82) is 0 Å². The van der Waals surface area contributed by atoms with Crippen LogP contribution >= 0.6 is 0 Å². The molecule has 0 radical (unpaired) electrons. The summed E-state index contributed by atoms with van der Waals surface area (Å²) in [4.78, 5) is 4.99. The van der Waals surface area contributed by atoms with E-state index in [1.54, 1.807) is 0 Å². The van der Waals surface area contributed by atoms with E-state index < -0.39 is 0 Å². The van der Waals surface area contributed by atoms with Gasteiger partial charge in [-0.1, -0.05) is 29.8 Å². The molecule has 3 nitrogen and oxygen atoms in total.